The van der Waals surface area contributed by atoms with Gasteiger partial charge in [-0.2, -0.15) is 0 Å². The molecule has 1 amide bonds. The molecule has 5 nitrogen and oxygen atoms in total. The van der Waals surface area contributed by atoms with E-state index in [0.717, 1.165) is 31.9 Å². The van der Waals surface area contributed by atoms with Gasteiger partial charge in [-0.15, -0.1) is 0 Å². The molecular weight excluding hydrogens is 411 g/mol. The maximum atomic E-state index is 12.4. The van der Waals surface area contributed by atoms with Gasteiger partial charge in [0.15, 0.2) is 0 Å². The third kappa shape index (κ3) is 6.26. The van der Waals surface area contributed by atoms with Crippen LogP contribution in [0.5, 0.6) is 5.75 Å². The van der Waals surface area contributed by atoms with E-state index in [1.165, 1.54) is 5.69 Å². The minimum atomic E-state index is 0.0862. The largest absolute Gasteiger partial charge is 0.492 e. The van der Waals surface area contributed by atoms with Crippen molar-refractivity contribution in [2.75, 3.05) is 44.9 Å². The fraction of sp³-hybridized carbons (Fsp3) is 0.409. The minimum Gasteiger partial charge on any atom is -0.492 e. The molecule has 0 saturated carbocycles. The lowest BCUT2D eigenvalue weighted by Gasteiger charge is -2.29. The molecule has 7 heteroatoms. The maximum Gasteiger partial charge on any atom is 0.222 e. The number of carbonyl (C=O) groups is 1. The van der Waals surface area contributed by atoms with Gasteiger partial charge < -0.3 is 19.3 Å². The van der Waals surface area contributed by atoms with E-state index in [9.17, 15) is 4.79 Å². The molecule has 3 rings (SSSR count). The number of rotatable bonds is 8. The Morgan fingerprint density at radius 2 is 1.86 bits per heavy atom. The zero-order valence-electron chi connectivity index (χ0n) is 16.6. The van der Waals surface area contributed by atoms with Crippen LogP contribution in [0.15, 0.2) is 42.5 Å². The summed E-state index contributed by atoms with van der Waals surface area (Å²) in [7, 11) is 1.83. The van der Waals surface area contributed by atoms with Crippen LogP contribution >= 0.6 is 23.2 Å². The molecule has 156 valence electrons. The predicted molar refractivity (Wildman–Crippen MR) is 117 cm³/mol. The van der Waals surface area contributed by atoms with Gasteiger partial charge in [-0.3, -0.25) is 4.79 Å². The van der Waals surface area contributed by atoms with E-state index in [1.807, 2.05) is 7.05 Å². The number of nitrogens with zero attached hydrogens (tertiary/aromatic N) is 2. The molecule has 29 heavy (non-hydrogen) atoms. The molecule has 0 spiro atoms. The Morgan fingerprint density at radius 3 is 2.59 bits per heavy atom. The lowest BCUT2D eigenvalue weighted by molar-refractivity contribution is -0.130. The van der Waals surface area contributed by atoms with Crippen LogP contribution in [-0.2, 0) is 16.1 Å². The molecule has 0 unspecified atom stereocenters. The van der Waals surface area contributed by atoms with Crippen LogP contribution in [0.4, 0.5) is 5.69 Å². The van der Waals surface area contributed by atoms with Crippen molar-refractivity contribution in [2.45, 2.75) is 19.4 Å². The van der Waals surface area contributed by atoms with Crippen LogP contribution < -0.4 is 9.64 Å². The zero-order chi connectivity index (χ0) is 20.6. The highest BCUT2D eigenvalue weighted by Gasteiger charge is 2.13. The highest BCUT2D eigenvalue weighted by Crippen LogP contribution is 2.31. The Labute approximate surface area is 182 Å². The first-order valence-corrected chi connectivity index (χ1v) is 10.5. The number of benzene rings is 2. The summed E-state index contributed by atoms with van der Waals surface area (Å²) in [4.78, 5) is 16.5. The number of amides is 1. The van der Waals surface area contributed by atoms with Gasteiger partial charge in [-0.25, -0.2) is 0 Å². The summed E-state index contributed by atoms with van der Waals surface area (Å²) < 4.78 is 11.0. The molecule has 1 saturated heterocycles. The highest BCUT2D eigenvalue weighted by atomic mass is 35.5. The van der Waals surface area contributed by atoms with Crippen molar-refractivity contribution in [1.82, 2.24) is 4.90 Å². The Balaban J connectivity index is 1.41. The molecule has 0 aliphatic carbocycles. The van der Waals surface area contributed by atoms with E-state index in [4.69, 9.17) is 32.7 Å². The Kier molecular flexibility index (Phi) is 8.04. The molecule has 0 aromatic heterocycles. The average molecular weight is 437 g/mol. The van der Waals surface area contributed by atoms with Crippen LogP contribution in [0.2, 0.25) is 10.0 Å². The summed E-state index contributed by atoms with van der Waals surface area (Å²) in [6.45, 7) is 4.37. The van der Waals surface area contributed by atoms with Crippen LogP contribution in [0.25, 0.3) is 0 Å². The van der Waals surface area contributed by atoms with E-state index in [0.29, 0.717) is 41.8 Å². The molecular formula is C22H26Cl2N2O3. The molecule has 2 aromatic carbocycles. The van der Waals surface area contributed by atoms with Crippen molar-refractivity contribution in [2.24, 2.45) is 0 Å². The summed E-state index contributed by atoms with van der Waals surface area (Å²) in [5, 5.41) is 0.859. The lowest BCUT2D eigenvalue weighted by atomic mass is 10.1. The van der Waals surface area contributed by atoms with Crippen molar-refractivity contribution < 1.29 is 14.3 Å². The summed E-state index contributed by atoms with van der Waals surface area (Å²) in [5.74, 6) is 0.628. The molecule has 0 radical (unpaired) electrons. The summed E-state index contributed by atoms with van der Waals surface area (Å²) in [6, 6.07) is 13.7. The number of anilines is 1. The van der Waals surface area contributed by atoms with Gasteiger partial charge in [0.05, 0.1) is 24.8 Å². The van der Waals surface area contributed by atoms with Gasteiger partial charge in [0.25, 0.3) is 0 Å². The van der Waals surface area contributed by atoms with Gasteiger partial charge in [0.2, 0.25) is 5.91 Å². The van der Waals surface area contributed by atoms with Gasteiger partial charge in [0.1, 0.15) is 10.8 Å². The molecule has 1 heterocycles. The van der Waals surface area contributed by atoms with E-state index in [-0.39, 0.29) is 5.91 Å². The third-order valence-electron chi connectivity index (χ3n) is 4.87. The first kappa shape index (κ1) is 21.8. The Bertz CT molecular complexity index is 808. The minimum absolute atomic E-state index is 0.0862. The van der Waals surface area contributed by atoms with E-state index in [1.54, 1.807) is 23.1 Å². The van der Waals surface area contributed by atoms with Crippen molar-refractivity contribution in [3.8, 4) is 5.75 Å². The number of morpholine rings is 1. The second-order valence-electron chi connectivity index (χ2n) is 7.02. The van der Waals surface area contributed by atoms with Crippen LogP contribution in [0.3, 0.4) is 0 Å². The van der Waals surface area contributed by atoms with Crippen molar-refractivity contribution in [1.29, 1.82) is 0 Å². The number of halogens is 2. The SMILES string of the molecule is CN(Cc1ccc(N2CCOCC2)cc1)C(=O)CCCOc1cccc(Cl)c1Cl. The van der Waals surface area contributed by atoms with E-state index >= 15 is 0 Å². The molecule has 1 aliphatic heterocycles. The first-order valence-electron chi connectivity index (χ1n) is 9.77. The second kappa shape index (κ2) is 10.7. The van der Waals surface area contributed by atoms with Gasteiger partial charge in [-0.05, 0) is 36.2 Å². The van der Waals surface area contributed by atoms with Gasteiger partial charge >= 0.3 is 0 Å². The summed E-state index contributed by atoms with van der Waals surface area (Å²) in [5.41, 5.74) is 2.31. The quantitative estimate of drug-likeness (QED) is 0.564. The van der Waals surface area contributed by atoms with E-state index < -0.39 is 0 Å². The monoisotopic (exact) mass is 436 g/mol. The third-order valence-corrected chi connectivity index (χ3v) is 5.67. The van der Waals surface area contributed by atoms with Crippen LogP contribution in [0.1, 0.15) is 18.4 Å². The maximum absolute atomic E-state index is 12.4. The Morgan fingerprint density at radius 1 is 1.14 bits per heavy atom. The second-order valence-corrected chi connectivity index (χ2v) is 7.80. The summed E-state index contributed by atoms with van der Waals surface area (Å²) in [6.07, 6.45) is 1.03. The zero-order valence-corrected chi connectivity index (χ0v) is 18.1. The molecule has 0 bridgehead atoms. The normalized spacial score (nSPS) is 14.0. The Hall–Kier alpha value is -1.95. The molecule has 1 aliphatic rings. The molecule has 0 atom stereocenters. The first-order chi connectivity index (χ1) is 14.0. The molecule has 1 fully saturated rings. The topological polar surface area (TPSA) is 42.0 Å². The molecule has 2 aromatic rings. The number of ether oxygens (including phenoxy) is 2. The number of hydrogen-bond acceptors (Lipinski definition) is 4. The van der Waals surface area contributed by atoms with Crippen molar-refractivity contribution >= 4 is 34.8 Å². The van der Waals surface area contributed by atoms with Gasteiger partial charge in [0, 0.05) is 38.8 Å². The van der Waals surface area contributed by atoms with Crippen LogP contribution in [-0.4, -0.2) is 50.8 Å². The lowest BCUT2D eigenvalue weighted by Crippen LogP contribution is -2.36. The van der Waals surface area contributed by atoms with Crippen molar-refractivity contribution in [3.63, 3.8) is 0 Å². The van der Waals surface area contributed by atoms with E-state index in [2.05, 4.69) is 29.2 Å². The highest BCUT2D eigenvalue weighted by molar-refractivity contribution is 6.42. The van der Waals surface area contributed by atoms with Gasteiger partial charge in [-0.1, -0.05) is 41.4 Å². The average Bonchev–Trinajstić information content (AvgIpc) is 2.75. The van der Waals surface area contributed by atoms with Crippen molar-refractivity contribution in [3.05, 3.63) is 58.1 Å². The smallest absolute Gasteiger partial charge is 0.222 e. The van der Waals surface area contributed by atoms with Crippen LogP contribution in [0, 0.1) is 0 Å². The standard InChI is InChI=1S/C22H26Cl2N2O3/c1-25(16-17-7-9-18(10-8-17)26-11-14-28-15-12-26)21(27)6-3-13-29-20-5-2-4-19(23)22(20)24/h2,4-5,7-10H,3,6,11-16H2,1H3. The molecule has 0 N–H and O–H groups in total. The fourth-order valence-electron chi connectivity index (χ4n) is 3.19. The number of carbonyl (C=O) groups excluding carboxylic acids is 1. The number of hydrogen-bond donors (Lipinski definition) is 0. The fourth-order valence-corrected chi connectivity index (χ4v) is 3.53. The summed E-state index contributed by atoms with van der Waals surface area (Å²) >= 11 is 12.1. The predicted octanol–water partition coefficient (Wildman–Crippen LogP) is 4.65.